The number of rotatable bonds is 5. The predicted octanol–water partition coefficient (Wildman–Crippen LogP) is 3.96. The zero-order valence-corrected chi connectivity index (χ0v) is 14.4. The number of fused-ring (bicyclic) bond motifs is 1. The van der Waals surface area contributed by atoms with Gasteiger partial charge in [0.2, 0.25) is 0 Å². The van der Waals surface area contributed by atoms with Crippen LogP contribution in [0.5, 0.6) is 0 Å². The van der Waals surface area contributed by atoms with Gasteiger partial charge in [0.05, 0.1) is 23.1 Å². The third-order valence-corrected chi connectivity index (χ3v) is 4.47. The zero-order chi connectivity index (χ0) is 18.7. The highest BCUT2D eigenvalue weighted by molar-refractivity contribution is 5.76. The molecule has 4 nitrogen and oxygen atoms in total. The molecule has 1 aromatic heterocycles. The summed E-state index contributed by atoms with van der Waals surface area (Å²) in [4.78, 5) is 11.9. The zero-order valence-electron chi connectivity index (χ0n) is 14.4. The first-order valence-electron chi connectivity index (χ1n) is 8.39. The fourth-order valence-corrected chi connectivity index (χ4v) is 3.11. The Morgan fingerprint density at radius 3 is 2.54 bits per heavy atom. The molecule has 0 spiro atoms. The molecular formula is C19H21F3N4. The topological polar surface area (TPSA) is 35.2 Å². The molecule has 1 aliphatic heterocycles. The molecule has 2 aromatic rings. The van der Waals surface area contributed by atoms with Gasteiger partial charge in [0.25, 0.3) is 0 Å². The number of H-pyrrole nitrogens is 1. The first-order valence-corrected chi connectivity index (χ1v) is 8.39. The van der Waals surface area contributed by atoms with Gasteiger partial charge >= 0.3 is 6.18 Å². The van der Waals surface area contributed by atoms with Gasteiger partial charge in [-0.3, -0.25) is 4.90 Å². The van der Waals surface area contributed by atoms with Crippen LogP contribution in [-0.2, 0) is 12.7 Å². The summed E-state index contributed by atoms with van der Waals surface area (Å²) in [5.41, 5.74) is 1.34. The molecule has 7 heteroatoms. The van der Waals surface area contributed by atoms with E-state index in [-0.39, 0.29) is 0 Å². The molecule has 1 aromatic carbocycles. The van der Waals surface area contributed by atoms with Crippen LogP contribution in [0.25, 0.3) is 11.0 Å². The third-order valence-electron chi connectivity index (χ3n) is 4.47. The van der Waals surface area contributed by atoms with Crippen LogP contribution in [0.3, 0.4) is 0 Å². The monoisotopic (exact) mass is 362 g/mol. The molecule has 0 radical (unpaired) electrons. The standard InChI is InChI=1S/C19H21F3N4/c1-3-5-15(4-2)26-10-8-25(9-11-26)13-18-23-16-7-6-14(19(20,21)22)12-17(16)24-18/h3-7,12H,1-2,8-11,13H2,(H,23,24)/b15-5+. The summed E-state index contributed by atoms with van der Waals surface area (Å²) in [6, 6.07) is 3.58. The fraction of sp³-hybridized carbons (Fsp3) is 0.316. The number of aromatic nitrogens is 2. The van der Waals surface area contributed by atoms with Gasteiger partial charge in [-0.2, -0.15) is 13.2 Å². The molecule has 26 heavy (non-hydrogen) atoms. The number of piperazine rings is 1. The highest BCUT2D eigenvalue weighted by Crippen LogP contribution is 2.31. The number of nitrogens with one attached hydrogen (secondary N) is 1. The number of imidazole rings is 1. The van der Waals surface area contributed by atoms with E-state index in [4.69, 9.17) is 0 Å². The molecule has 2 heterocycles. The summed E-state index contributed by atoms with van der Waals surface area (Å²) in [5.74, 6) is 0.679. The number of halogens is 3. The molecule has 1 aliphatic rings. The smallest absolute Gasteiger partial charge is 0.369 e. The van der Waals surface area contributed by atoms with Gasteiger partial charge in [0, 0.05) is 31.9 Å². The van der Waals surface area contributed by atoms with E-state index in [0.29, 0.717) is 23.4 Å². The minimum Gasteiger partial charge on any atom is -0.369 e. The van der Waals surface area contributed by atoms with Gasteiger partial charge in [-0.1, -0.05) is 19.2 Å². The van der Waals surface area contributed by atoms with Gasteiger partial charge in [-0.15, -0.1) is 0 Å². The minimum atomic E-state index is -4.35. The molecule has 0 unspecified atom stereocenters. The van der Waals surface area contributed by atoms with Crippen LogP contribution in [0.2, 0.25) is 0 Å². The number of hydrogen-bond acceptors (Lipinski definition) is 3. The molecule has 1 saturated heterocycles. The summed E-state index contributed by atoms with van der Waals surface area (Å²) < 4.78 is 38.4. The maximum atomic E-state index is 12.8. The number of hydrogen-bond donors (Lipinski definition) is 1. The molecule has 3 rings (SSSR count). The van der Waals surface area contributed by atoms with Crippen LogP contribution in [0.4, 0.5) is 13.2 Å². The van der Waals surface area contributed by atoms with Gasteiger partial charge in [-0.05, 0) is 30.4 Å². The molecule has 1 fully saturated rings. The average Bonchev–Trinajstić information content (AvgIpc) is 3.01. The largest absolute Gasteiger partial charge is 0.416 e. The Kier molecular flexibility index (Phi) is 5.18. The van der Waals surface area contributed by atoms with Crippen molar-refractivity contribution < 1.29 is 13.2 Å². The minimum absolute atomic E-state index is 0.413. The second kappa shape index (κ2) is 7.37. The molecule has 0 atom stereocenters. The number of alkyl halides is 3. The lowest BCUT2D eigenvalue weighted by molar-refractivity contribution is -0.137. The molecule has 0 bridgehead atoms. The van der Waals surface area contributed by atoms with Crippen molar-refractivity contribution in [2.75, 3.05) is 26.2 Å². The molecule has 138 valence electrons. The first-order chi connectivity index (χ1) is 12.4. The maximum absolute atomic E-state index is 12.8. The van der Waals surface area contributed by atoms with E-state index >= 15 is 0 Å². The summed E-state index contributed by atoms with van der Waals surface area (Å²) in [6.45, 7) is 11.5. The maximum Gasteiger partial charge on any atom is 0.416 e. The van der Waals surface area contributed by atoms with Gasteiger partial charge < -0.3 is 9.88 Å². The number of nitrogens with zero attached hydrogens (tertiary/aromatic N) is 3. The molecule has 0 amide bonds. The van der Waals surface area contributed by atoms with Crippen LogP contribution in [0, 0.1) is 0 Å². The third kappa shape index (κ3) is 3.99. The fourth-order valence-electron chi connectivity index (χ4n) is 3.11. The second-order valence-corrected chi connectivity index (χ2v) is 6.21. The van der Waals surface area contributed by atoms with Crippen molar-refractivity contribution in [3.63, 3.8) is 0 Å². The number of allylic oxidation sites excluding steroid dienone is 3. The summed E-state index contributed by atoms with van der Waals surface area (Å²) in [5, 5.41) is 0. The van der Waals surface area contributed by atoms with E-state index in [2.05, 4.69) is 32.9 Å². The normalized spacial score (nSPS) is 16.9. The van der Waals surface area contributed by atoms with E-state index in [1.165, 1.54) is 6.07 Å². The van der Waals surface area contributed by atoms with Crippen molar-refractivity contribution >= 4 is 11.0 Å². The second-order valence-electron chi connectivity index (χ2n) is 6.21. The van der Waals surface area contributed by atoms with E-state index < -0.39 is 11.7 Å². The van der Waals surface area contributed by atoms with Crippen LogP contribution < -0.4 is 0 Å². The van der Waals surface area contributed by atoms with E-state index in [0.717, 1.165) is 44.0 Å². The summed E-state index contributed by atoms with van der Waals surface area (Å²) >= 11 is 0. The van der Waals surface area contributed by atoms with E-state index in [1.807, 2.05) is 12.2 Å². The molecule has 1 N–H and O–H groups in total. The number of aromatic amines is 1. The Hall–Kier alpha value is -2.54. The van der Waals surface area contributed by atoms with Crippen molar-refractivity contribution in [2.24, 2.45) is 0 Å². The lowest BCUT2D eigenvalue weighted by Gasteiger charge is -2.36. The van der Waals surface area contributed by atoms with Gasteiger partial charge in [-0.25, -0.2) is 4.98 Å². The number of benzene rings is 1. The van der Waals surface area contributed by atoms with Crippen LogP contribution >= 0.6 is 0 Å². The molecule has 0 saturated carbocycles. The van der Waals surface area contributed by atoms with Crippen molar-refractivity contribution in [3.05, 3.63) is 66.7 Å². The Morgan fingerprint density at radius 2 is 1.92 bits per heavy atom. The Balaban J connectivity index is 1.66. The van der Waals surface area contributed by atoms with Crippen LogP contribution in [0.15, 0.2) is 55.3 Å². The lowest BCUT2D eigenvalue weighted by Crippen LogP contribution is -2.45. The highest BCUT2D eigenvalue weighted by Gasteiger charge is 2.30. The van der Waals surface area contributed by atoms with Crippen molar-refractivity contribution in [3.8, 4) is 0 Å². The Morgan fingerprint density at radius 1 is 1.19 bits per heavy atom. The van der Waals surface area contributed by atoms with Crippen LogP contribution in [0.1, 0.15) is 11.4 Å². The van der Waals surface area contributed by atoms with E-state index in [1.54, 1.807) is 6.08 Å². The quantitative estimate of drug-likeness (QED) is 0.818. The predicted molar refractivity (Wildman–Crippen MR) is 96.4 cm³/mol. The van der Waals surface area contributed by atoms with E-state index in [9.17, 15) is 13.2 Å². The van der Waals surface area contributed by atoms with Crippen molar-refractivity contribution in [2.45, 2.75) is 12.7 Å². The lowest BCUT2D eigenvalue weighted by atomic mass is 10.2. The first kappa shape index (κ1) is 18.3. The average molecular weight is 362 g/mol. The Bertz CT molecular complexity index is 827. The SMILES string of the molecule is C=C/C=C(\C=C)N1CCN(Cc2nc3ccc(C(F)(F)F)cc3[nH]2)CC1. The molecular weight excluding hydrogens is 341 g/mol. The van der Waals surface area contributed by atoms with Crippen molar-refractivity contribution in [1.29, 1.82) is 0 Å². The summed E-state index contributed by atoms with van der Waals surface area (Å²) in [6.07, 6.45) is 1.14. The van der Waals surface area contributed by atoms with Gasteiger partial charge in [0.15, 0.2) is 0 Å². The Labute approximate surface area is 150 Å². The van der Waals surface area contributed by atoms with Crippen LogP contribution in [-0.4, -0.2) is 45.9 Å². The molecule has 0 aliphatic carbocycles. The summed E-state index contributed by atoms with van der Waals surface area (Å²) in [7, 11) is 0. The van der Waals surface area contributed by atoms with Gasteiger partial charge in [0.1, 0.15) is 5.82 Å². The highest BCUT2D eigenvalue weighted by atomic mass is 19.4. The van der Waals surface area contributed by atoms with Crippen molar-refractivity contribution in [1.82, 2.24) is 19.8 Å².